The molecule has 6 heteroatoms. The minimum Gasteiger partial charge on any atom is -0.382 e. The first-order chi connectivity index (χ1) is 6.43. The van der Waals surface area contributed by atoms with Crippen molar-refractivity contribution >= 4 is 11.6 Å². The molecule has 0 spiro atoms. The third-order valence-electron chi connectivity index (χ3n) is 1.60. The van der Waals surface area contributed by atoms with Gasteiger partial charge in [-0.05, 0) is 12.1 Å². The SMILES string of the molecule is OC(c1cc(F)c(Cl)cc1F)C(F)F. The molecule has 1 nitrogen and oxygen atoms in total. The Balaban J connectivity index is 3.15. The van der Waals surface area contributed by atoms with Gasteiger partial charge in [0.2, 0.25) is 0 Å². The van der Waals surface area contributed by atoms with Gasteiger partial charge in [0.25, 0.3) is 6.43 Å². The molecule has 14 heavy (non-hydrogen) atoms. The fraction of sp³-hybridized carbons (Fsp3) is 0.250. The van der Waals surface area contributed by atoms with E-state index in [1.165, 1.54) is 0 Å². The van der Waals surface area contributed by atoms with Crippen LogP contribution in [0.25, 0.3) is 0 Å². The molecule has 0 aliphatic heterocycles. The smallest absolute Gasteiger partial charge is 0.268 e. The highest BCUT2D eigenvalue weighted by Gasteiger charge is 2.23. The molecule has 0 aromatic heterocycles. The minimum absolute atomic E-state index is 0.453. The lowest BCUT2D eigenvalue weighted by Gasteiger charge is -2.11. The van der Waals surface area contributed by atoms with Gasteiger partial charge < -0.3 is 5.11 Å². The number of rotatable bonds is 2. The number of halogens is 5. The molecule has 0 fully saturated rings. The van der Waals surface area contributed by atoms with Crippen molar-refractivity contribution in [1.29, 1.82) is 0 Å². The van der Waals surface area contributed by atoms with E-state index in [2.05, 4.69) is 0 Å². The molecule has 0 radical (unpaired) electrons. The summed E-state index contributed by atoms with van der Waals surface area (Å²) in [6.07, 6.45) is -5.52. The van der Waals surface area contributed by atoms with E-state index in [0.717, 1.165) is 0 Å². The molecular weight excluding hydrogens is 224 g/mol. The van der Waals surface area contributed by atoms with E-state index in [1.54, 1.807) is 0 Å². The van der Waals surface area contributed by atoms with Gasteiger partial charge in [-0.25, -0.2) is 17.6 Å². The lowest BCUT2D eigenvalue weighted by atomic mass is 10.1. The maximum atomic E-state index is 12.9. The highest BCUT2D eigenvalue weighted by Crippen LogP contribution is 2.27. The Bertz CT molecular complexity index is 342. The van der Waals surface area contributed by atoms with Crippen LogP contribution in [0.4, 0.5) is 17.6 Å². The highest BCUT2D eigenvalue weighted by molar-refractivity contribution is 6.30. The van der Waals surface area contributed by atoms with Crippen molar-refractivity contribution in [1.82, 2.24) is 0 Å². The van der Waals surface area contributed by atoms with Gasteiger partial charge in [0, 0.05) is 5.56 Å². The molecular formula is C8H5ClF4O. The maximum Gasteiger partial charge on any atom is 0.268 e. The summed E-state index contributed by atoms with van der Waals surface area (Å²) >= 11 is 5.19. The quantitative estimate of drug-likeness (QED) is 0.610. The van der Waals surface area contributed by atoms with Gasteiger partial charge in [-0.2, -0.15) is 0 Å². The highest BCUT2D eigenvalue weighted by atomic mass is 35.5. The molecule has 1 rings (SSSR count). The van der Waals surface area contributed by atoms with Gasteiger partial charge in [-0.15, -0.1) is 0 Å². The number of hydrogen-bond acceptors (Lipinski definition) is 1. The van der Waals surface area contributed by atoms with Crippen LogP contribution in [0.3, 0.4) is 0 Å². The number of aliphatic hydroxyl groups is 1. The first kappa shape index (κ1) is 11.3. The molecule has 78 valence electrons. The summed E-state index contributed by atoms with van der Waals surface area (Å²) in [5, 5.41) is 8.27. The van der Waals surface area contributed by atoms with Crippen LogP contribution >= 0.6 is 11.6 Å². The van der Waals surface area contributed by atoms with Crippen LogP contribution in [-0.4, -0.2) is 11.5 Å². The molecule has 1 aromatic carbocycles. The van der Waals surface area contributed by atoms with Crippen LogP contribution in [0.15, 0.2) is 12.1 Å². The molecule has 0 saturated heterocycles. The van der Waals surface area contributed by atoms with E-state index in [-0.39, 0.29) is 0 Å². The first-order valence-electron chi connectivity index (χ1n) is 3.54. The Morgan fingerprint density at radius 1 is 1.14 bits per heavy atom. The van der Waals surface area contributed by atoms with Gasteiger partial charge in [0.1, 0.15) is 17.7 Å². The van der Waals surface area contributed by atoms with Crippen LogP contribution < -0.4 is 0 Å². The van der Waals surface area contributed by atoms with Gasteiger partial charge in [-0.3, -0.25) is 0 Å². The normalized spacial score (nSPS) is 13.4. The van der Waals surface area contributed by atoms with Crippen LogP contribution in [0.2, 0.25) is 5.02 Å². The zero-order valence-electron chi connectivity index (χ0n) is 6.65. The Hall–Kier alpha value is -0.810. The summed E-state index contributed by atoms with van der Waals surface area (Å²) in [4.78, 5) is 0. The molecule has 0 heterocycles. The summed E-state index contributed by atoms with van der Waals surface area (Å²) in [6, 6.07) is 0.992. The topological polar surface area (TPSA) is 20.2 Å². The fourth-order valence-corrected chi connectivity index (χ4v) is 1.05. The summed E-state index contributed by atoms with van der Waals surface area (Å²) in [5.74, 6) is -2.22. The summed E-state index contributed by atoms with van der Waals surface area (Å²) < 4.78 is 49.5. The van der Waals surface area contributed by atoms with E-state index in [1.807, 2.05) is 0 Å². The second kappa shape index (κ2) is 4.14. The van der Waals surface area contributed by atoms with Gasteiger partial charge >= 0.3 is 0 Å². The Morgan fingerprint density at radius 2 is 1.71 bits per heavy atom. The largest absolute Gasteiger partial charge is 0.382 e. The molecule has 1 aromatic rings. The van der Waals surface area contributed by atoms with Crippen molar-refractivity contribution in [3.63, 3.8) is 0 Å². The molecule has 0 amide bonds. The van der Waals surface area contributed by atoms with Gasteiger partial charge in [-0.1, -0.05) is 11.6 Å². The molecule has 0 saturated carbocycles. The Labute approximate surface area is 81.9 Å². The third-order valence-corrected chi connectivity index (χ3v) is 1.89. The van der Waals surface area contributed by atoms with Crippen LogP contribution in [0.1, 0.15) is 11.7 Å². The first-order valence-corrected chi connectivity index (χ1v) is 3.92. The van der Waals surface area contributed by atoms with E-state index in [9.17, 15) is 17.6 Å². The second-order valence-corrected chi connectivity index (χ2v) is 2.97. The lowest BCUT2D eigenvalue weighted by Crippen LogP contribution is -2.10. The van der Waals surface area contributed by atoms with Crippen LogP contribution in [-0.2, 0) is 0 Å². The van der Waals surface area contributed by atoms with Crippen molar-refractivity contribution in [2.24, 2.45) is 0 Å². The van der Waals surface area contributed by atoms with Crippen molar-refractivity contribution in [2.75, 3.05) is 0 Å². The standard InChI is InChI=1S/C8H5ClF4O/c9-4-2-5(10)3(1-6(4)11)7(14)8(12)13/h1-2,7-8,14H. The second-order valence-electron chi connectivity index (χ2n) is 2.57. The minimum atomic E-state index is -3.18. The third kappa shape index (κ3) is 2.16. The molecule has 0 aliphatic carbocycles. The molecule has 1 N–H and O–H groups in total. The van der Waals surface area contributed by atoms with Crippen LogP contribution in [0.5, 0.6) is 0 Å². The van der Waals surface area contributed by atoms with Crippen molar-refractivity contribution in [3.05, 3.63) is 34.4 Å². The molecule has 1 unspecified atom stereocenters. The van der Waals surface area contributed by atoms with E-state index in [0.29, 0.717) is 12.1 Å². The summed E-state index contributed by atoms with van der Waals surface area (Å²) in [5.41, 5.74) is -0.804. The van der Waals surface area contributed by atoms with E-state index in [4.69, 9.17) is 16.7 Å². The van der Waals surface area contributed by atoms with E-state index >= 15 is 0 Å². The van der Waals surface area contributed by atoms with E-state index < -0.39 is 34.7 Å². The number of aliphatic hydroxyl groups excluding tert-OH is 1. The van der Waals surface area contributed by atoms with Gasteiger partial charge in [0.15, 0.2) is 0 Å². The Morgan fingerprint density at radius 3 is 2.21 bits per heavy atom. The molecule has 0 aliphatic rings. The zero-order chi connectivity index (χ0) is 10.9. The number of hydrogen-bond donors (Lipinski definition) is 1. The lowest BCUT2D eigenvalue weighted by molar-refractivity contribution is -0.00787. The van der Waals surface area contributed by atoms with Crippen molar-refractivity contribution in [2.45, 2.75) is 12.5 Å². The maximum absolute atomic E-state index is 12.9. The van der Waals surface area contributed by atoms with Gasteiger partial charge in [0.05, 0.1) is 5.02 Å². The van der Waals surface area contributed by atoms with Crippen LogP contribution in [0, 0.1) is 11.6 Å². The average molecular weight is 229 g/mol. The van der Waals surface area contributed by atoms with Crippen molar-refractivity contribution in [3.8, 4) is 0 Å². The average Bonchev–Trinajstić information content (AvgIpc) is 2.10. The monoisotopic (exact) mass is 228 g/mol. The molecule has 0 bridgehead atoms. The predicted molar refractivity (Wildman–Crippen MR) is 42.3 cm³/mol. The summed E-state index contributed by atoms with van der Waals surface area (Å²) in [6.45, 7) is 0. The Kier molecular flexibility index (Phi) is 3.34. The van der Waals surface area contributed by atoms with Crippen molar-refractivity contribution < 1.29 is 22.7 Å². The molecule has 1 atom stereocenters. The predicted octanol–water partition coefficient (Wildman–Crippen LogP) is 2.92. The number of benzene rings is 1. The summed E-state index contributed by atoms with van der Waals surface area (Å²) in [7, 11) is 0. The zero-order valence-corrected chi connectivity index (χ0v) is 7.40. The fourth-order valence-electron chi connectivity index (χ4n) is 0.900. The number of alkyl halides is 2.